The van der Waals surface area contributed by atoms with E-state index in [1.54, 1.807) is 4.90 Å². The number of rotatable bonds is 6. The summed E-state index contributed by atoms with van der Waals surface area (Å²) in [4.78, 5) is 26.4. The fourth-order valence-electron chi connectivity index (χ4n) is 2.46. The fraction of sp³-hybridized carbons (Fsp3) is 0.857. The van der Waals surface area contributed by atoms with Crippen molar-refractivity contribution in [3.8, 4) is 0 Å². The standard InChI is InChI=1S/C14H26N2O4/c1-4-20-12-5-7-15(8-6-12)14(19)16(9-11(2)3)10-13(17)18/h11-12H,4-10H2,1-3H3,(H,17,18). The van der Waals surface area contributed by atoms with Crippen LogP contribution in [0.25, 0.3) is 0 Å². The van der Waals surface area contributed by atoms with Gasteiger partial charge in [0.25, 0.3) is 0 Å². The second-order valence-corrected chi connectivity index (χ2v) is 5.59. The highest BCUT2D eigenvalue weighted by Crippen LogP contribution is 2.15. The molecule has 116 valence electrons. The van der Waals surface area contributed by atoms with Crippen molar-refractivity contribution in [2.45, 2.75) is 39.7 Å². The number of carbonyl (C=O) groups is 2. The Morgan fingerprint density at radius 2 is 1.95 bits per heavy atom. The van der Waals surface area contributed by atoms with Gasteiger partial charge in [0.05, 0.1) is 6.10 Å². The lowest BCUT2D eigenvalue weighted by Gasteiger charge is -2.35. The molecule has 0 aromatic heterocycles. The van der Waals surface area contributed by atoms with Gasteiger partial charge in [0.2, 0.25) is 0 Å². The van der Waals surface area contributed by atoms with Gasteiger partial charge in [0.1, 0.15) is 6.54 Å². The Bertz CT molecular complexity index is 325. The maximum atomic E-state index is 12.4. The summed E-state index contributed by atoms with van der Waals surface area (Å²) in [6.07, 6.45) is 1.87. The van der Waals surface area contributed by atoms with Crippen molar-refractivity contribution >= 4 is 12.0 Å². The second-order valence-electron chi connectivity index (χ2n) is 5.59. The van der Waals surface area contributed by atoms with Gasteiger partial charge in [0, 0.05) is 26.2 Å². The Labute approximate surface area is 120 Å². The molecule has 6 nitrogen and oxygen atoms in total. The number of hydrogen-bond donors (Lipinski definition) is 1. The molecule has 1 saturated heterocycles. The summed E-state index contributed by atoms with van der Waals surface area (Å²) in [5.41, 5.74) is 0. The molecule has 1 heterocycles. The van der Waals surface area contributed by atoms with Crippen LogP contribution in [0.15, 0.2) is 0 Å². The van der Waals surface area contributed by atoms with Gasteiger partial charge in [-0.3, -0.25) is 4.79 Å². The molecule has 1 fully saturated rings. The Kier molecular flexibility index (Phi) is 6.78. The lowest BCUT2D eigenvalue weighted by Crippen LogP contribution is -2.50. The first-order valence-electron chi connectivity index (χ1n) is 7.31. The van der Waals surface area contributed by atoms with E-state index in [1.165, 1.54) is 4.90 Å². The van der Waals surface area contributed by atoms with Crippen molar-refractivity contribution in [1.82, 2.24) is 9.80 Å². The lowest BCUT2D eigenvalue weighted by molar-refractivity contribution is -0.137. The first-order chi connectivity index (χ1) is 9.43. The average molecular weight is 286 g/mol. The normalized spacial score (nSPS) is 16.5. The van der Waals surface area contributed by atoms with Crippen LogP contribution < -0.4 is 0 Å². The monoisotopic (exact) mass is 286 g/mol. The van der Waals surface area contributed by atoms with Gasteiger partial charge in [0.15, 0.2) is 0 Å². The first kappa shape index (κ1) is 16.8. The minimum absolute atomic E-state index is 0.170. The predicted molar refractivity (Wildman–Crippen MR) is 75.7 cm³/mol. The average Bonchev–Trinajstić information content (AvgIpc) is 2.37. The summed E-state index contributed by atoms with van der Waals surface area (Å²) < 4.78 is 5.55. The van der Waals surface area contributed by atoms with Gasteiger partial charge >= 0.3 is 12.0 Å². The van der Waals surface area contributed by atoms with Gasteiger partial charge in [-0.1, -0.05) is 13.8 Å². The van der Waals surface area contributed by atoms with E-state index in [2.05, 4.69) is 0 Å². The summed E-state index contributed by atoms with van der Waals surface area (Å²) in [5.74, 6) is -0.720. The summed E-state index contributed by atoms with van der Waals surface area (Å²) in [6, 6.07) is -0.170. The quantitative estimate of drug-likeness (QED) is 0.806. The zero-order valence-corrected chi connectivity index (χ0v) is 12.7. The molecule has 0 radical (unpaired) electrons. The van der Waals surface area contributed by atoms with Crippen LogP contribution in [-0.2, 0) is 9.53 Å². The van der Waals surface area contributed by atoms with Crippen molar-refractivity contribution < 1.29 is 19.4 Å². The molecule has 0 aromatic rings. The van der Waals surface area contributed by atoms with E-state index < -0.39 is 5.97 Å². The molecular weight excluding hydrogens is 260 g/mol. The lowest BCUT2D eigenvalue weighted by atomic mass is 10.1. The van der Waals surface area contributed by atoms with Gasteiger partial charge < -0.3 is 19.6 Å². The summed E-state index contributed by atoms with van der Waals surface area (Å²) in [6.45, 7) is 8.12. The number of ether oxygens (including phenoxy) is 1. The molecule has 1 rings (SSSR count). The van der Waals surface area contributed by atoms with Crippen molar-refractivity contribution in [3.05, 3.63) is 0 Å². The number of carbonyl (C=O) groups excluding carboxylic acids is 1. The van der Waals surface area contributed by atoms with E-state index in [-0.39, 0.29) is 24.6 Å². The van der Waals surface area contributed by atoms with Crippen LogP contribution >= 0.6 is 0 Å². The van der Waals surface area contributed by atoms with Crippen LogP contribution in [0, 0.1) is 5.92 Å². The highest BCUT2D eigenvalue weighted by atomic mass is 16.5. The predicted octanol–water partition coefficient (Wildman–Crippen LogP) is 1.65. The van der Waals surface area contributed by atoms with Gasteiger partial charge in [-0.25, -0.2) is 4.79 Å². The molecule has 1 aliphatic heterocycles. The van der Waals surface area contributed by atoms with E-state index in [4.69, 9.17) is 9.84 Å². The number of urea groups is 1. The molecule has 0 aromatic carbocycles. The highest BCUT2D eigenvalue weighted by molar-refractivity contribution is 5.80. The Hall–Kier alpha value is -1.30. The van der Waals surface area contributed by atoms with Gasteiger partial charge in [-0.15, -0.1) is 0 Å². The third-order valence-electron chi connectivity index (χ3n) is 3.30. The third-order valence-corrected chi connectivity index (χ3v) is 3.30. The minimum Gasteiger partial charge on any atom is -0.480 e. The molecule has 0 aliphatic carbocycles. The number of carboxylic acid groups (broad SMARTS) is 1. The number of likely N-dealkylation sites (tertiary alicyclic amines) is 1. The largest absolute Gasteiger partial charge is 0.480 e. The third kappa shape index (κ3) is 5.36. The number of piperidine rings is 1. The fourth-order valence-corrected chi connectivity index (χ4v) is 2.46. The van der Waals surface area contributed by atoms with Crippen molar-refractivity contribution in [1.29, 1.82) is 0 Å². The van der Waals surface area contributed by atoms with E-state index in [0.29, 0.717) is 26.2 Å². The Morgan fingerprint density at radius 1 is 1.35 bits per heavy atom. The number of hydrogen-bond acceptors (Lipinski definition) is 3. The maximum absolute atomic E-state index is 12.4. The minimum atomic E-state index is -0.969. The van der Waals surface area contributed by atoms with Crippen LogP contribution in [0.2, 0.25) is 0 Å². The van der Waals surface area contributed by atoms with Crippen molar-refractivity contribution in [3.63, 3.8) is 0 Å². The first-order valence-corrected chi connectivity index (χ1v) is 7.31. The molecule has 0 spiro atoms. The SMILES string of the molecule is CCOC1CCN(C(=O)N(CC(=O)O)CC(C)C)CC1. The number of amides is 2. The molecule has 1 aliphatic rings. The summed E-state index contributed by atoms with van der Waals surface area (Å²) >= 11 is 0. The zero-order chi connectivity index (χ0) is 15.1. The molecule has 0 saturated carbocycles. The number of nitrogens with zero attached hydrogens (tertiary/aromatic N) is 2. The number of carboxylic acids is 1. The van der Waals surface area contributed by atoms with E-state index in [0.717, 1.165) is 12.8 Å². The smallest absolute Gasteiger partial charge is 0.323 e. The van der Waals surface area contributed by atoms with Crippen molar-refractivity contribution in [2.75, 3.05) is 32.8 Å². The van der Waals surface area contributed by atoms with E-state index in [1.807, 2.05) is 20.8 Å². The summed E-state index contributed by atoms with van der Waals surface area (Å²) in [7, 11) is 0. The Morgan fingerprint density at radius 3 is 2.40 bits per heavy atom. The molecule has 1 N–H and O–H groups in total. The molecule has 6 heteroatoms. The van der Waals surface area contributed by atoms with Gasteiger partial charge in [-0.05, 0) is 25.7 Å². The van der Waals surface area contributed by atoms with E-state index >= 15 is 0 Å². The van der Waals surface area contributed by atoms with Crippen LogP contribution in [0.5, 0.6) is 0 Å². The zero-order valence-electron chi connectivity index (χ0n) is 12.7. The molecule has 0 unspecified atom stereocenters. The number of aliphatic carboxylic acids is 1. The Balaban J connectivity index is 2.54. The van der Waals surface area contributed by atoms with Crippen LogP contribution in [0.1, 0.15) is 33.6 Å². The van der Waals surface area contributed by atoms with Crippen LogP contribution in [-0.4, -0.2) is 65.8 Å². The van der Waals surface area contributed by atoms with Crippen molar-refractivity contribution in [2.24, 2.45) is 5.92 Å². The van der Waals surface area contributed by atoms with Crippen LogP contribution in [0.4, 0.5) is 4.79 Å². The maximum Gasteiger partial charge on any atom is 0.323 e. The highest BCUT2D eigenvalue weighted by Gasteiger charge is 2.27. The molecule has 0 bridgehead atoms. The molecule has 20 heavy (non-hydrogen) atoms. The molecular formula is C14H26N2O4. The van der Waals surface area contributed by atoms with Gasteiger partial charge in [-0.2, -0.15) is 0 Å². The molecule has 0 atom stereocenters. The topological polar surface area (TPSA) is 70.1 Å². The summed E-state index contributed by atoms with van der Waals surface area (Å²) in [5, 5.41) is 8.92. The molecule has 2 amide bonds. The van der Waals surface area contributed by atoms with Crippen LogP contribution in [0.3, 0.4) is 0 Å². The van der Waals surface area contributed by atoms with E-state index in [9.17, 15) is 9.59 Å². The second kappa shape index (κ2) is 8.09.